The lowest BCUT2D eigenvalue weighted by molar-refractivity contribution is -0.284. The molecule has 1 rings (SSSR count). The molecule has 0 unspecified atom stereocenters. The molecule has 0 fully saturated rings. The highest BCUT2D eigenvalue weighted by atomic mass is 16.9. The Labute approximate surface area is 84.0 Å². The van der Waals surface area contributed by atoms with E-state index in [0.717, 1.165) is 11.3 Å². The van der Waals surface area contributed by atoms with E-state index in [1.54, 1.807) is 14.2 Å². The van der Waals surface area contributed by atoms with Gasteiger partial charge in [0, 0.05) is 0 Å². The highest BCUT2D eigenvalue weighted by molar-refractivity contribution is 5.31. The average molecular weight is 197 g/mol. The molecule has 0 aliphatic rings. The third-order valence-electron chi connectivity index (χ3n) is 1.58. The molecular weight excluding hydrogens is 182 g/mol. The second-order valence-corrected chi connectivity index (χ2v) is 2.48. The lowest BCUT2D eigenvalue weighted by Gasteiger charge is -2.15. The maximum atomic E-state index is 8.00. The van der Waals surface area contributed by atoms with E-state index in [0.29, 0.717) is 0 Å². The summed E-state index contributed by atoms with van der Waals surface area (Å²) < 4.78 is 0. The van der Waals surface area contributed by atoms with E-state index in [9.17, 15) is 0 Å². The van der Waals surface area contributed by atoms with E-state index in [1.165, 1.54) is 5.23 Å². The molecule has 0 amide bonds. The minimum absolute atomic E-state index is 0.807. The third kappa shape index (κ3) is 4.02. The topological polar surface area (TPSA) is 38.8 Å². The fourth-order valence-corrected chi connectivity index (χ4v) is 0.835. The average Bonchev–Trinajstić information content (AvgIpc) is 2.24. The summed E-state index contributed by atoms with van der Waals surface area (Å²) in [6.45, 7) is 3.98. The molecule has 4 heteroatoms. The zero-order valence-electron chi connectivity index (χ0n) is 8.69. The molecule has 78 valence electrons. The van der Waals surface area contributed by atoms with Crippen molar-refractivity contribution in [2.24, 2.45) is 0 Å². The van der Waals surface area contributed by atoms with Crippen LogP contribution in [0.5, 0.6) is 5.75 Å². The number of hydrogen-bond donors (Lipinski definition) is 0. The van der Waals surface area contributed by atoms with E-state index >= 15 is 0 Å². The van der Waals surface area contributed by atoms with Crippen molar-refractivity contribution >= 4 is 6.79 Å². The molecule has 0 heterocycles. The zero-order valence-corrected chi connectivity index (χ0v) is 8.69. The molecule has 0 saturated carbocycles. The molecule has 14 heavy (non-hydrogen) atoms. The standard InChI is InChI=1S/C9H13NO2.CH2O/c1-8-6-4-5-7-9(8)12-10(2)11-3;1-2/h4-7H,1-3H3;1H2. The normalized spacial score (nSPS) is 9.14. The molecule has 0 aliphatic carbocycles. The van der Waals surface area contributed by atoms with Gasteiger partial charge in [0.05, 0.1) is 14.2 Å². The lowest BCUT2D eigenvalue weighted by atomic mass is 10.2. The van der Waals surface area contributed by atoms with Crippen LogP contribution in [0.25, 0.3) is 0 Å². The second-order valence-electron chi connectivity index (χ2n) is 2.48. The fourth-order valence-electron chi connectivity index (χ4n) is 0.835. The highest BCUT2D eigenvalue weighted by Crippen LogP contribution is 2.16. The van der Waals surface area contributed by atoms with Gasteiger partial charge >= 0.3 is 0 Å². The van der Waals surface area contributed by atoms with Gasteiger partial charge in [-0.3, -0.25) is 4.84 Å². The van der Waals surface area contributed by atoms with Crippen molar-refractivity contribution in [2.75, 3.05) is 14.2 Å². The van der Waals surface area contributed by atoms with E-state index in [2.05, 4.69) is 0 Å². The van der Waals surface area contributed by atoms with Crippen molar-refractivity contribution < 1.29 is 14.5 Å². The molecule has 0 saturated heterocycles. The predicted molar refractivity (Wildman–Crippen MR) is 53.7 cm³/mol. The van der Waals surface area contributed by atoms with Gasteiger partial charge in [-0.25, -0.2) is 0 Å². The molecule has 4 nitrogen and oxygen atoms in total. The van der Waals surface area contributed by atoms with Crippen molar-refractivity contribution in [3.05, 3.63) is 29.8 Å². The summed E-state index contributed by atoms with van der Waals surface area (Å²) in [6.07, 6.45) is 0. The van der Waals surface area contributed by atoms with Crippen molar-refractivity contribution in [2.45, 2.75) is 6.92 Å². The molecule has 0 radical (unpaired) electrons. The second kappa shape index (κ2) is 7.06. The summed E-state index contributed by atoms with van der Waals surface area (Å²) in [5, 5.41) is 1.31. The van der Waals surface area contributed by atoms with Gasteiger partial charge < -0.3 is 9.63 Å². The van der Waals surface area contributed by atoms with Crippen LogP contribution in [0.15, 0.2) is 24.3 Å². The van der Waals surface area contributed by atoms with Crippen molar-refractivity contribution in [3.63, 3.8) is 0 Å². The van der Waals surface area contributed by atoms with Crippen LogP contribution < -0.4 is 4.84 Å². The molecular formula is C10H15NO3. The first-order valence-electron chi connectivity index (χ1n) is 4.04. The van der Waals surface area contributed by atoms with Crippen LogP contribution in [0, 0.1) is 6.92 Å². The van der Waals surface area contributed by atoms with Gasteiger partial charge in [0.25, 0.3) is 0 Å². The number of rotatable bonds is 3. The van der Waals surface area contributed by atoms with Crippen LogP contribution in [0.2, 0.25) is 0 Å². The molecule has 0 aromatic heterocycles. The van der Waals surface area contributed by atoms with E-state index in [-0.39, 0.29) is 0 Å². The Balaban J connectivity index is 0.000000791. The van der Waals surface area contributed by atoms with Gasteiger partial charge in [-0.2, -0.15) is 0 Å². The Kier molecular flexibility index (Phi) is 6.36. The summed E-state index contributed by atoms with van der Waals surface area (Å²) in [6, 6.07) is 7.77. The van der Waals surface area contributed by atoms with Gasteiger partial charge in [0.15, 0.2) is 5.75 Å². The van der Waals surface area contributed by atoms with Crippen LogP contribution in [0.3, 0.4) is 0 Å². The number of para-hydroxylation sites is 1. The molecule has 0 N–H and O–H groups in total. The zero-order chi connectivity index (χ0) is 11.0. The Bertz CT molecular complexity index is 265. The number of carbonyl (C=O) groups is 1. The number of nitrogens with zero attached hydrogens (tertiary/aromatic N) is 1. The molecule has 0 aliphatic heterocycles. The van der Waals surface area contributed by atoms with Crippen LogP contribution in [-0.2, 0) is 9.63 Å². The summed E-state index contributed by atoms with van der Waals surface area (Å²) >= 11 is 0. The minimum atomic E-state index is 0.807. The predicted octanol–water partition coefficient (Wildman–Crippen LogP) is 1.60. The van der Waals surface area contributed by atoms with Crippen molar-refractivity contribution in [1.29, 1.82) is 0 Å². The molecule has 0 atom stereocenters. The van der Waals surface area contributed by atoms with Crippen LogP contribution in [0.1, 0.15) is 5.56 Å². The van der Waals surface area contributed by atoms with Gasteiger partial charge in [0.2, 0.25) is 0 Å². The first kappa shape index (κ1) is 12.6. The van der Waals surface area contributed by atoms with Crippen molar-refractivity contribution in [1.82, 2.24) is 5.23 Å². The SMILES string of the molecule is C=O.CON(C)Oc1ccccc1C. The summed E-state index contributed by atoms with van der Waals surface area (Å²) in [5.41, 5.74) is 1.08. The first-order valence-corrected chi connectivity index (χ1v) is 4.04. The van der Waals surface area contributed by atoms with Crippen LogP contribution >= 0.6 is 0 Å². The van der Waals surface area contributed by atoms with Gasteiger partial charge in [-0.15, -0.1) is 0 Å². The summed E-state index contributed by atoms with van der Waals surface area (Å²) in [5.74, 6) is 0.807. The van der Waals surface area contributed by atoms with Crippen molar-refractivity contribution in [3.8, 4) is 5.75 Å². The molecule has 1 aromatic rings. The number of hydroxylamine groups is 2. The Morgan fingerprint density at radius 1 is 1.29 bits per heavy atom. The first-order chi connectivity index (χ1) is 6.74. The molecule has 0 bridgehead atoms. The van der Waals surface area contributed by atoms with Gasteiger partial charge in [-0.1, -0.05) is 18.2 Å². The maximum Gasteiger partial charge on any atom is 0.153 e. The maximum absolute atomic E-state index is 8.00. The minimum Gasteiger partial charge on any atom is -0.381 e. The Hall–Kier alpha value is -1.39. The van der Waals surface area contributed by atoms with Gasteiger partial charge in [-0.05, 0) is 23.8 Å². The van der Waals surface area contributed by atoms with Crippen LogP contribution in [-0.4, -0.2) is 26.2 Å². The third-order valence-corrected chi connectivity index (χ3v) is 1.58. The number of carbonyl (C=O) groups excluding carboxylic acids is 1. The fraction of sp³-hybridized carbons (Fsp3) is 0.300. The monoisotopic (exact) mass is 197 g/mol. The lowest BCUT2D eigenvalue weighted by Crippen LogP contribution is -2.21. The molecule has 0 spiro atoms. The Morgan fingerprint density at radius 2 is 1.86 bits per heavy atom. The Morgan fingerprint density at radius 3 is 2.36 bits per heavy atom. The van der Waals surface area contributed by atoms with Gasteiger partial charge in [0.1, 0.15) is 6.79 Å². The number of hydrogen-bond acceptors (Lipinski definition) is 4. The van der Waals surface area contributed by atoms with E-state index < -0.39 is 0 Å². The highest BCUT2D eigenvalue weighted by Gasteiger charge is 2.00. The number of benzene rings is 1. The largest absolute Gasteiger partial charge is 0.381 e. The summed E-state index contributed by atoms with van der Waals surface area (Å²) in [4.78, 5) is 18.1. The molecule has 1 aromatic carbocycles. The smallest absolute Gasteiger partial charge is 0.153 e. The van der Waals surface area contributed by atoms with E-state index in [1.807, 2.05) is 38.0 Å². The quantitative estimate of drug-likeness (QED) is 0.690. The van der Waals surface area contributed by atoms with Crippen LogP contribution in [0.4, 0.5) is 0 Å². The summed E-state index contributed by atoms with van der Waals surface area (Å²) in [7, 11) is 3.25. The number of aryl methyl sites for hydroxylation is 1. The van der Waals surface area contributed by atoms with E-state index in [4.69, 9.17) is 14.5 Å².